The lowest BCUT2D eigenvalue weighted by atomic mass is 10.1. The maximum Gasteiger partial charge on any atom is 0.0434 e. The van der Waals surface area contributed by atoms with Gasteiger partial charge in [-0.15, -0.1) is 0 Å². The molecule has 0 rings (SSSR count). The van der Waals surface area contributed by atoms with E-state index in [0.29, 0.717) is 0 Å². The fraction of sp³-hybridized carbons (Fsp3) is 0.400. The smallest absolute Gasteiger partial charge is 0.0434 e. The van der Waals surface area contributed by atoms with Gasteiger partial charge in [0.05, 0.1) is 0 Å². The lowest BCUT2D eigenvalue weighted by Crippen LogP contribution is -1.84. The summed E-state index contributed by atoms with van der Waals surface area (Å²) >= 11 is 0. The maximum absolute atomic E-state index is 8.56. The lowest BCUT2D eigenvalue weighted by Gasteiger charge is -1.97. The number of hydrogen-bond acceptors (Lipinski definition) is 1. The van der Waals surface area contributed by atoms with E-state index >= 15 is 0 Å². The molecular formula is C10H16O. The van der Waals surface area contributed by atoms with Gasteiger partial charge in [-0.25, -0.2) is 0 Å². The zero-order valence-corrected chi connectivity index (χ0v) is 7.09. The van der Waals surface area contributed by atoms with E-state index in [9.17, 15) is 0 Å². The van der Waals surface area contributed by atoms with Gasteiger partial charge < -0.3 is 5.11 Å². The molecule has 0 aromatic rings. The minimum absolute atomic E-state index is 0.263. The molecule has 0 fully saturated rings. The van der Waals surface area contributed by atoms with Crippen molar-refractivity contribution in [2.75, 3.05) is 6.61 Å². The van der Waals surface area contributed by atoms with E-state index in [1.807, 2.05) is 19.1 Å². The van der Waals surface area contributed by atoms with Crippen LogP contribution in [0.25, 0.3) is 0 Å². The molecule has 0 aliphatic rings. The number of hydrogen-bond donors (Lipinski definition) is 1. The minimum atomic E-state index is 0.263. The molecule has 0 aromatic heterocycles. The Bertz CT molecular complexity index is 154. The molecule has 0 aromatic carbocycles. The van der Waals surface area contributed by atoms with Crippen LogP contribution >= 0.6 is 0 Å². The van der Waals surface area contributed by atoms with E-state index in [4.69, 9.17) is 5.11 Å². The average molecular weight is 152 g/mol. The van der Waals surface area contributed by atoms with Crippen LogP contribution in [0.2, 0.25) is 0 Å². The van der Waals surface area contributed by atoms with Crippen molar-refractivity contribution in [1.29, 1.82) is 0 Å². The maximum atomic E-state index is 8.56. The summed E-state index contributed by atoms with van der Waals surface area (Å²) in [6, 6.07) is 0. The van der Waals surface area contributed by atoms with Gasteiger partial charge in [0.1, 0.15) is 0 Å². The highest BCUT2D eigenvalue weighted by atomic mass is 16.2. The molecule has 0 aliphatic carbocycles. The van der Waals surface area contributed by atoms with Crippen LogP contribution in [0.5, 0.6) is 0 Å². The van der Waals surface area contributed by atoms with E-state index in [1.54, 1.807) is 6.08 Å². The van der Waals surface area contributed by atoms with E-state index in [2.05, 4.69) is 12.7 Å². The van der Waals surface area contributed by atoms with Crippen LogP contribution in [0, 0.1) is 0 Å². The summed E-state index contributed by atoms with van der Waals surface area (Å²) in [6.45, 7) is 5.85. The summed E-state index contributed by atoms with van der Waals surface area (Å²) in [6.07, 6.45) is 9.51. The van der Waals surface area contributed by atoms with Crippen LogP contribution in [-0.4, -0.2) is 11.7 Å². The average Bonchev–Trinajstić information content (AvgIpc) is 2.05. The third-order valence-corrected chi connectivity index (χ3v) is 1.44. The topological polar surface area (TPSA) is 20.2 Å². The number of aliphatic hydroxyl groups excluding tert-OH is 1. The summed E-state index contributed by atoms with van der Waals surface area (Å²) in [5.41, 5.74) is 1.25. The summed E-state index contributed by atoms with van der Waals surface area (Å²) in [5, 5.41) is 8.56. The quantitative estimate of drug-likeness (QED) is 0.600. The number of allylic oxidation sites excluding steroid dienone is 5. The fourth-order valence-electron chi connectivity index (χ4n) is 0.799. The summed E-state index contributed by atoms with van der Waals surface area (Å²) in [7, 11) is 0. The van der Waals surface area contributed by atoms with E-state index in [1.165, 1.54) is 5.57 Å². The van der Waals surface area contributed by atoms with E-state index in [-0.39, 0.29) is 6.61 Å². The highest BCUT2D eigenvalue weighted by molar-refractivity contribution is 5.20. The predicted molar refractivity (Wildman–Crippen MR) is 49.4 cm³/mol. The Morgan fingerprint density at radius 1 is 1.55 bits per heavy atom. The summed E-state index contributed by atoms with van der Waals surface area (Å²) in [5.74, 6) is 0. The summed E-state index contributed by atoms with van der Waals surface area (Å²) in [4.78, 5) is 0. The second-order valence-electron chi connectivity index (χ2n) is 2.29. The molecule has 0 aliphatic heterocycles. The zero-order valence-electron chi connectivity index (χ0n) is 7.09. The first-order valence-electron chi connectivity index (χ1n) is 3.90. The largest absolute Gasteiger partial charge is 0.396 e. The Morgan fingerprint density at radius 2 is 2.27 bits per heavy atom. The predicted octanol–water partition coefficient (Wildman–Crippen LogP) is 2.45. The van der Waals surface area contributed by atoms with E-state index < -0.39 is 0 Å². The highest BCUT2D eigenvalue weighted by Gasteiger charge is 1.88. The van der Waals surface area contributed by atoms with Crippen molar-refractivity contribution >= 4 is 0 Å². The lowest BCUT2D eigenvalue weighted by molar-refractivity contribution is 0.289. The van der Waals surface area contributed by atoms with Crippen LogP contribution < -0.4 is 0 Å². The standard InChI is InChI=1S/C10H16O/c1-3-5-7-10(4-2)8-6-9-11/h3-5,7,11H,1,6,8-9H2,2H3/b7-5-,10-4+. The molecule has 0 bridgehead atoms. The van der Waals surface area contributed by atoms with E-state index in [0.717, 1.165) is 12.8 Å². The SMILES string of the molecule is C=C/C=C\C(=C/C)CCCO. The molecule has 0 unspecified atom stereocenters. The molecule has 0 atom stereocenters. The molecule has 1 N–H and O–H groups in total. The van der Waals surface area contributed by atoms with Gasteiger partial charge in [-0.3, -0.25) is 0 Å². The van der Waals surface area contributed by atoms with Crippen molar-refractivity contribution in [3.8, 4) is 0 Å². The first-order chi connectivity index (χ1) is 5.35. The first kappa shape index (κ1) is 10.2. The van der Waals surface area contributed by atoms with Crippen LogP contribution in [-0.2, 0) is 0 Å². The zero-order chi connectivity index (χ0) is 8.53. The van der Waals surface area contributed by atoms with Gasteiger partial charge >= 0.3 is 0 Å². The molecule has 0 spiro atoms. The van der Waals surface area contributed by atoms with Gasteiger partial charge in [-0.05, 0) is 19.8 Å². The third kappa shape index (κ3) is 5.62. The molecule has 0 heterocycles. The van der Waals surface area contributed by atoms with Gasteiger partial charge in [0.2, 0.25) is 0 Å². The van der Waals surface area contributed by atoms with Gasteiger partial charge in [0, 0.05) is 6.61 Å². The molecule has 62 valence electrons. The molecule has 1 heteroatoms. The van der Waals surface area contributed by atoms with Gasteiger partial charge in [0.15, 0.2) is 0 Å². The monoisotopic (exact) mass is 152 g/mol. The fourth-order valence-corrected chi connectivity index (χ4v) is 0.799. The van der Waals surface area contributed by atoms with Crippen molar-refractivity contribution in [3.05, 3.63) is 36.5 Å². The third-order valence-electron chi connectivity index (χ3n) is 1.44. The van der Waals surface area contributed by atoms with Crippen LogP contribution in [0.4, 0.5) is 0 Å². The Kier molecular flexibility index (Phi) is 6.75. The van der Waals surface area contributed by atoms with Crippen molar-refractivity contribution in [1.82, 2.24) is 0 Å². The molecular weight excluding hydrogens is 136 g/mol. The molecule has 0 saturated heterocycles. The van der Waals surface area contributed by atoms with Crippen LogP contribution in [0.1, 0.15) is 19.8 Å². The van der Waals surface area contributed by atoms with Crippen molar-refractivity contribution in [3.63, 3.8) is 0 Å². The van der Waals surface area contributed by atoms with Crippen molar-refractivity contribution < 1.29 is 5.11 Å². The Balaban J connectivity index is 3.77. The molecule has 0 amide bonds. The first-order valence-corrected chi connectivity index (χ1v) is 3.90. The minimum Gasteiger partial charge on any atom is -0.396 e. The second-order valence-corrected chi connectivity index (χ2v) is 2.29. The molecule has 1 nitrogen and oxygen atoms in total. The number of aliphatic hydroxyl groups is 1. The highest BCUT2D eigenvalue weighted by Crippen LogP contribution is 2.05. The number of rotatable bonds is 5. The Hall–Kier alpha value is -0.820. The van der Waals surface area contributed by atoms with Crippen LogP contribution in [0.15, 0.2) is 36.5 Å². The van der Waals surface area contributed by atoms with Gasteiger partial charge in [-0.1, -0.05) is 36.5 Å². The van der Waals surface area contributed by atoms with Gasteiger partial charge in [-0.2, -0.15) is 0 Å². The van der Waals surface area contributed by atoms with Gasteiger partial charge in [0.25, 0.3) is 0 Å². The Labute approximate surface area is 68.7 Å². The molecule has 0 radical (unpaired) electrons. The molecule has 0 saturated carbocycles. The van der Waals surface area contributed by atoms with Crippen LogP contribution in [0.3, 0.4) is 0 Å². The van der Waals surface area contributed by atoms with Crippen molar-refractivity contribution in [2.24, 2.45) is 0 Å². The normalized spacial score (nSPS) is 12.4. The Morgan fingerprint density at radius 3 is 2.73 bits per heavy atom. The summed E-state index contributed by atoms with van der Waals surface area (Å²) < 4.78 is 0. The van der Waals surface area contributed by atoms with Crippen molar-refractivity contribution in [2.45, 2.75) is 19.8 Å². The molecule has 11 heavy (non-hydrogen) atoms. The second kappa shape index (κ2) is 7.29.